The average Bonchev–Trinajstić information content (AvgIpc) is 3.31. The highest BCUT2D eigenvalue weighted by Gasteiger charge is 2.25. The average molecular weight is 305 g/mol. The molecule has 120 valence electrons. The number of amides is 1. The van der Waals surface area contributed by atoms with Crippen molar-refractivity contribution in [3.05, 3.63) is 11.8 Å². The quantitative estimate of drug-likeness (QED) is 0.912. The van der Waals surface area contributed by atoms with Gasteiger partial charge in [-0.05, 0) is 26.7 Å². The third-order valence-corrected chi connectivity index (χ3v) is 3.86. The van der Waals surface area contributed by atoms with Crippen molar-refractivity contribution >= 4 is 17.9 Å². The van der Waals surface area contributed by atoms with Crippen LogP contribution in [0.5, 0.6) is 0 Å². The first-order valence-corrected chi connectivity index (χ1v) is 7.94. The monoisotopic (exact) mass is 305 g/mol. The summed E-state index contributed by atoms with van der Waals surface area (Å²) in [7, 11) is 0. The summed E-state index contributed by atoms with van der Waals surface area (Å²) >= 11 is 0. The minimum Gasteiger partial charge on any atom is -0.450 e. The molecule has 0 spiro atoms. The second kappa shape index (κ2) is 6.37. The Bertz CT molecular complexity index is 539. The largest absolute Gasteiger partial charge is 0.450 e. The molecule has 2 heterocycles. The number of aromatic nitrogens is 2. The Labute approximate surface area is 130 Å². The van der Waals surface area contributed by atoms with Gasteiger partial charge in [-0.3, -0.25) is 0 Å². The topological polar surface area (TPSA) is 70.6 Å². The maximum absolute atomic E-state index is 11.7. The number of rotatable bonds is 4. The number of carbonyl (C=O) groups is 1. The van der Waals surface area contributed by atoms with Gasteiger partial charge in [0.15, 0.2) is 0 Å². The molecule has 1 N–H and O–H groups in total. The number of carbonyl (C=O) groups excluding carboxylic acids is 1. The van der Waals surface area contributed by atoms with E-state index >= 15 is 0 Å². The lowest BCUT2D eigenvalue weighted by atomic mass is 10.3. The molecule has 0 aromatic carbocycles. The summed E-state index contributed by atoms with van der Waals surface area (Å²) in [6.07, 6.45) is 2.20. The predicted octanol–water partition coefficient (Wildman–Crippen LogP) is 1.64. The third-order valence-electron chi connectivity index (χ3n) is 3.86. The van der Waals surface area contributed by atoms with Crippen LogP contribution in [0.3, 0.4) is 0 Å². The molecule has 7 heteroatoms. The van der Waals surface area contributed by atoms with Crippen LogP contribution in [0.2, 0.25) is 0 Å². The molecule has 0 bridgehead atoms. The number of hydrogen-bond acceptors (Lipinski definition) is 6. The van der Waals surface area contributed by atoms with Gasteiger partial charge in [-0.2, -0.15) is 4.98 Å². The summed E-state index contributed by atoms with van der Waals surface area (Å²) in [5.74, 6) is 1.64. The first-order chi connectivity index (χ1) is 10.7. The molecule has 1 saturated heterocycles. The van der Waals surface area contributed by atoms with E-state index in [9.17, 15) is 4.79 Å². The van der Waals surface area contributed by atoms with Crippen LogP contribution in [-0.2, 0) is 4.74 Å². The number of anilines is 2. The highest BCUT2D eigenvalue weighted by atomic mass is 16.6. The summed E-state index contributed by atoms with van der Waals surface area (Å²) < 4.78 is 5.04. The van der Waals surface area contributed by atoms with Gasteiger partial charge in [0.1, 0.15) is 5.82 Å². The highest BCUT2D eigenvalue weighted by molar-refractivity contribution is 5.68. The number of hydrogen-bond donors (Lipinski definition) is 1. The number of nitrogens with zero attached hydrogens (tertiary/aromatic N) is 4. The van der Waals surface area contributed by atoms with Crippen LogP contribution in [0.4, 0.5) is 16.6 Å². The molecule has 0 unspecified atom stereocenters. The molecule has 1 amide bonds. The summed E-state index contributed by atoms with van der Waals surface area (Å²) in [6.45, 7) is 6.96. The zero-order valence-electron chi connectivity index (χ0n) is 13.2. The second-order valence-corrected chi connectivity index (χ2v) is 5.79. The van der Waals surface area contributed by atoms with Crippen molar-refractivity contribution in [2.45, 2.75) is 32.7 Å². The van der Waals surface area contributed by atoms with Crippen molar-refractivity contribution in [1.29, 1.82) is 0 Å². The number of ether oxygens (including phenoxy) is 1. The Morgan fingerprint density at radius 1 is 1.32 bits per heavy atom. The first-order valence-electron chi connectivity index (χ1n) is 7.94. The van der Waals surface area contributed by atoms with Crippen LogP contribution in [0.1, 0.15) is 25.5 Å². The van der Waals surface area contributed by atoms with Crippen molar-refractivity contribution in [3.8, 4) is 0 Å². The Hall–Kier alpha value is -2.05. The van der Waals surface area contributed by atoms with E-state index in [2.05, 4.69) is 20.2 Å². The molecular weight excluding hydrogens is 282 g/mol. The summed E-state index contributed by atoms with van der Waals surface area (Å²) in [4.78, 5) is 24.7. The van der Waals surface area contributed by atoms with Gasteiger partial charge in [0.05, 0.1) is 6.61 Å². The minimum absolute atomic E-state index is 0.233. The van der Waals surface area contributed by atoms with E-state index in [0.29, 0.717) is 25.7 Å². The molecule has 1 saturated carbocycles. The van der Waals surface area contributed by atoms with Crippen molar-refractivity contribution in [1.82, 2.24) is 14.9 Å². The number of aryl methyl sites for hydroxylation is 1. The normalized spacial score (nSPS) is 18.3. The fraction of sp³-hybridized carbons (Fsp3) is 0.667. The van der Waals surface area contributed by atoms with E-state index in [1.807, 2.05) is 19.9 Å². The number of piperazine rings is 1. The molecule has 22 heavy (non-hydrogen) atoms. The SMILES string of the molecule is CCOC(=O)N1CCN(c2nc(C)cc(NC3CC3)n2)CC1. The molecule has 0 atom stereocenters. The van der Waals surface area contributed by atoms with E-state index in [1.165, 1.54) is 12.8 Å². The molecular formula is C15H23N5O2. The molecule has 0 radical (unpaired) electrons. The fourth-order valence-corrected chi connectivity index (χ4v) is 2.51. The second-order valence-electron chi connectivity index (χ2n) is 5.79. The molecule has 1 aromatic rings. The minimum atomic E-state index is -0.233. The number of nitrogens with one attached hydrogen (secondary N) is 1. The van der Waals surface area contributed by atoms with E-state index in [-0.39, 0.29) is 6.09 Å². The summed E-state index contributed by atoms with van der Waals surface area (Å²) in [6, 6.07) is 2.55. The van der Waals surface area contributed by atoms with E-state index in [4.69, 9.17) is 4.74 Å². The molecule has 1 aliphatic heterocycles. The Morgan fingerprint density at radius 2 is 2.05 bits per heavy atom. The molecule has 1 aromatic heterocycles. The smallest absolute Gasteiger partial charge is 0.409 e. The van der Waals surface area contributed by atoms with Crippen LogP contribution >= 0.6 is 0 Å². The molecule has 7 nitrogen and oxygen atoms in total. The van der Waals surface area contributed by atoms with Gasteiger partial charge >= 0.3 is 6.09 Å². The van der Waals surface area contributed by atoms with Gasteiger partial charge in [0.25, 0.3) is 0 Å². The van der Waals surface area contributed by atoms with Gasteiger partial charge < -0.3 is 19.9 Å². The van der Waals surface area contributed by atoms with E-state index < -0.39 is 0 Å². The predicted molar refractivity (Wildman–Crippen MR) is 84.2 cm³/mol. The van der Waals surface area contributed by atoms with Crippen molar-refractivity contribution in [3.63, 3.8) is 0 Å². The van der Waals surface area contributed by atoms with Crippen molar-refractivity contribution in [2.24, 2.45) is 0 Å². The summed E-state index contributed by atoms with van der Waals surface area (Å²) in [5, 5.41) is 3.42. The van der Waals surface area contributed by atoms with E-state index in [0.717, 1.165) is 30.5 Å². The van der Waals surface area contributed by atoms with Gasteiger partial charge in [-0.1, -0.05) is 0 Å². The lowest BCUT2D eigenvalue weighted by Gasteiger charge is -2.34. The standard InChI is InChI=1S/C15H23N5O2/c1-3-22-15(21)20-8-6-19(7-9-20)14-16-11(2)10-13(18-14)17-12-4-5-12/h10,12H,3-9H2,1-2H3,(H,16,17,18). The van der Waals surface area contributed by atoms with Crippen LogP contribution < -0.4 is 10.2 Å². The van der Waals surface area contributed by atoms with Crippen molar-refractivity contribution in [2.75, 3.05) is 43.0 Å². The van der Waals surface area contributed by atoms with Crippen LogP contribution in [0.25, 0.3) is 0 Å². The van der Waals surface area contributed by atoms with E-state index in [1.54, 1.807) is 4.90 Å². The highest BCUT2D eigenvalue weighted by Crippen LogP contribution is 2.25. The third kappa shape index (κ3) is 3.58. The molecule has 1 aliphatic carbocycles. The van der Waals surface area contributed by atoms with Crippen LogP contribution in [0, 0.1) is 6.92 Å². The first kappa shape index (κ1) is 14.9. The van der Waals surface area contributed by atoms with Gasteiger partial charge in [-0.25, -0.2) is 9.78 Å². The van der Waals surface area contributed by atoms with Gasteiger partial charge in [0.2, 0.25) is 5.95 Å². The fourth-order valence-electron chi connectivity index (χ4n) is 2.51. The zero-order valence-corrected chi connectivity index (χ0v) is 13.2. The van der Waals surface area contributed by atoms with Gasteiger partial charge in [-0.15, -0.1) is 0 Å². The molecule has 3 rings (SSSR count). The lowest BCUT2D eigenvalue weighted by Crippen LogP contribution is -2.49. The Kier molecular flexibility index (Phi) is 4.31. The van der Waals surface area contributed by atoms with Crippen LogP contribution in [0.15, 0.2) is 6.07 Å². The van der Waals surface area contributed by atoms with Crippen molar-refractivity contribution < 1.29 is 9.53 Å². The summed E-state index contributed by atoms with van der Waals surface area (Å²) in [5.41, 5.74) is 0.959. The maximum atomic E-state index is 11.7. The lowest BCUT2D eigenvalue weighted by molar-refractivity contribution is 0.105. The zero-order chi connectivity index (χ0) is 15.5. The maximum Gasteiger partial charge on any atom is 0.409 e. The van der Waals surface area contributed by atoms with Gasteiger partial charge in [0, 0.05) is 44.0 Å². The Balaban J connectivity index is 1.62. The molecule has 2 fully saturated rings. The molecule has 2 aliphatic rings. The van der Waals surface area contributed by atoms with Crippen LogP contribution in [-0.4, -0.2) is 59.8 Å². The Morgan fingerprint density at radius 3 is 2.68 bits per heavy atom.